The van der Waals surface area contributed by atoms with Gasteiger partial charge in [0.1, 0.15) is 12.5 Å². The van der Waals surface area contributed by atoms with Gasteiger partial charge in [0.15, 0.2) is 0 Å². The minimum absolute atomic E-state index is 0.0383. The highest BCUT2D eigenvalue weighted by Gasteiger charge is 2.38. The Hall–Kier alpha value is -3.68. The first-order valence-electron chi connectivity index (χ1n) is 9.29. The quantitative estimate of drug-likeness (QED) is 0.675. The van der Waals surface area contributed by atoms with Crippen molar-refractivity contribution >= 4 is 24.2 Å². The molecule has 160 valence electrons. The van der Waals surface area contributed by atoms with Crippen LogP contribution < -0.4 is 0 Å². The zero-order chi connectivity index (χ0) is 22.4. The number of rotatable bonds is 6. The monoisotopic (exact) mass is 429 g/mol. The number of esters is 1. The third kappa shape index (κ3) is 5.48. The lowest BCUT2D eigenvalue weighted by molar-refractivity contribution is -0.140. The first-order chi connectivity index (χ1) is 14.8. The van der Waals surface area contributed by atoms with E-state index in [-0.39, 0.29) is 17.7 Å². The van der Waals surface area contributed by atoms with Crippen molar-refractivity contribution in [3.05, 3.63) is 89.1 Å². The molecule has 0 spiro atoms. The molecule has 2 aromatic rings. The van der Waals surface area contributed by atoms with Crippen molar-refractivity contribution in [2.24, 2.45) is 10.9 Å². The molecule has 1 aliphatic rings. The average Bonchev–Trinajstić information content (AvgIpc) is 2.76. The van der Waals surface area contributed by atoms with Crippen molar-refractivity contribution in [2.45, 2.75) is 12.1 Å². The number of carbonyl (C=O) groups is 2. The van der Waals surface area contributed by atoms with Crippen LogP contribution in [0.3, 0.4) is 0 Å². The van der Waals surface area contributed by atoms with Crippen LogP contribution in [0, 0.1) is 5.92 Å². The van der Waals surface area contributed by atoms with E-state index in [2.05, 4.69) is 4.99 Å². The molecule has 0 aromatic heterocycles. The van der Waals surface area contributed by atoms with Crippen LogP contribution in [0.1, 0.15) is 22.6 Å². The van der Waals surface area contributed by atoms with Gasteiger partial charge in [0.25, 0.3) is 0 Å². The number of alkyl halides is 3. The van der Waals surface area contributed by atoms with Gasteiger partial charge in [0.2, 0.25) is 0 Å². The van der Waals surface area contributed by atoms with Gasteiger partial charge in [-0.2, -0.15) is 13.2 Å². The van der Waals surface area contributed by atoms with E-state index in [1.165, 1.54) is 12.1 Å². The van der Waals surface area contributed by atoms with Crippen LogP contribution in [-0.2, 0) is 20.5 Å². The number of hydrogen-bond acceptors (Lipinski definition) is 4. The Labute approximate surface area is 176 Å². The molecule has 1 heterocycles. The van der Waals surface area contributed by atoms with Crippen LogP contribution in [-0.4, -0.2) is 29.9 Å². The van der Waals surface area contributed by atoms with Gasteiger partial charge < -0.3 is 9.84 Å². The smallest absolute Gasteiger partial charge is 0.416 e. The van der Waals surface area contributed by atoms with Gasteiger partial charge in [-0.1, -0.05) is 54.6 Å². The Balaban J connectivity index is 1.82. The summed E-state index contributed by atoms with van der Waals surface area (Å²) >= 11 is 0. The number of halogens is 3. The summed E-state index contributed by atoms with van der Waals surface area (Å²) in [4.78, 5) is 28.1. The Morgan fingerprint density at radius 1 is 1.10 bits per heavy atom. The van der Waals surface area contributed by atoms with Crippen molar-refractivity contribution in [2.75, 3.05) is 6.61 Å². The summed E-state index contributed by atoms with van der Waals surface area (Å²) in [5, 5.41) is 9.53. The second-order valence-electron chi connectivity index (χ2n) is 6.76. The molecule has 0 saturated heterocycles. The lowest BCUT2D eigenvalue weighted by atomic mass is 9.79. The second kappa shape index (κ2) is 9.42. The van der Waals surface area contributed by atoms with Crippen LogP contribution in [0.15, 0.2) is 77.4 Å². The van der Waals surface area contributed by atoms with E-state index >= 15 is 0 Å². The van der Waals surface area contributed by atoms with Crippen LogP contribution in [0.2, 0.25) is 0 Å². The fourth-order valence-corrected chi connectivity index (χ4v) is 3.21. The third-order valence-corrected chi connectivity index (χ3v) is 4.67. The molecular formula is C23H18F3NO4. The Kier molecular flexibility index (Phi) is 6.69. The minimum atomic E-state index is -4.61. The summed E-state index contributed by atoms with van der Waals surface area (Å²) < 4.78 is 44.6. The van der Waals surface area contributed by atoms with Gasteiger partial charge in [0, 0.05) is 18.3 Å². The van der Waals surface area contributed by atoms with Crippen molar-refractivity contribution in [1.82, 2.24) is 0 Å². The molecule has 0 radical (unpaired) electrons. The fourth-order valence-electron chi connectivity index (χ4n) is 3.21. The SMILES string of the molecule is O=C(OC/C=C/c1ccccc1)C1=CN=CC(C(=O)O)C1c1cccc(C(F)(F)F)c1. The largest absolute Gasteiger partial charge is 0.481 e. The maximum Gasteiger partial charge on any atom is 0.416 e. The van der Waals surface area contributed by atoms with Gasteiger partial charge in [0.05, 0.1) is 11.1 Å². The molecule has 0 saturated carbocycles. The van der Waals surface area contributed by atoms with Crippen LogP contribution in [0.25, 0.3) is 6.08 Å². The molecule has 0 fully saturated rings. The highest BCUT2D eigenvalue weighted by Crippen LogP contribution is 2.38. The number of nitrogens with zero attached hydrogens (tertiary/aromatic N) is 1. The van der Waals surface area contributed by atoms with E-state index in [0.717, 1.165) is 30.1 Å². The van der Waals surface area contributed by atoms with Gasteiger partial charge in [-0.3, -0.25) is 9.79 Å². The summed E-state index contributed by atoms with van der Waals surface area (Å²) in [6.45, 7) is -0.0954. The molecule has 0 aliphatic carbocycles. The molecule has 5 nitrogen and oxygen atoms in total. The number of carbonyl (C=O) groups excluding carboxylic acids is 1. The lowest BCUT2D eigenvalue weighted by Crippen LogP contribution is -2.30. The number of hydrogen-bond donors (Lipinski definition) is 1. The van der Waals surface area contributed by atoms with Crippen LogP contribution >= 0.6 is 0 Å². The van der Waals surface area contributed by atoms with Crippen molar-refractivity contribution < 1.29 is 32.6 Å². The molecule has 8 heteroatoms. The number of carboxylic acid groups (broad SMARTS) is 1. The summed E-state index contributed by atoms with van der Waals surface area (Å²) in [5.74, 6) is -4.63. The first kappa shape index (κ1) is 22.0. The standard InChI is InChI=1S/C23H18F3NO4/c24-23(25,26)17-10-4-9-16(12-17)20-18(21(28)29)13-27-14-19(20)22(30)31-11-5-8-15-6-2-1-3-7-15/h1-10,12-14,18,20H,11H2,(H,28,29)/b8-5+. The molecule has 2 aromatic carbocycles. The highest BCUT2D eigenvalue weighted by atomic mass is 19.4. The first-order valence-corrected chi connectivity index (χ1v) is 9.29. The Bertz CT molecular complexity index is 1040. The maximum absolute atomic E-state index is 13.1. The zero-order valence-electron chi connectivity index (χ0n) is 16.1. The van der Waals surface area contributed by atoms with E-state index in [1.54, 1.807) is 12.2 Å². The maximum atomic E-state index is 13.1. The fraction of sp³-hybridized carbons (Fsp3) is 0.174. The second-order valence-corrected chi connectivity index (χ2v) is 6.76. The zero-order valence-corrected chi connectivity index (χ0v) is 16.1. The van der Waals surface area contributed by atoms with E-state index in [1.807, 2.05) is 30.3 Å². The van der Waals surface area contributed by atoms with E-state index in [4.69, 9.17) is 4.74 Å². The highest BCUT2D eigenvalue weighted by molar-refractivity contribution is 5.98. The average molecular weight is 429 g/mol. The molecule has 0 bridgehead atoms. The summed E-state index contributed by atoms with van der Waals surface area (Å²) in [5.41, 5.74) is -0.123. The molecular weight excluding hydrogens is 411 g/mol. The predicted octanol–water partition coefficient (Wildman–Crippen LogP) is 4.71. The normalized spacial score (nSPS) is 18.6. The molecule has 1 N–H and O–H groups in total. The van der Waals surface area contributed by atoms with Crippen LogP contribution in [0.5, 0.6) is 0 Å². The molecule has 2 atom stereocenters. The summed E-state index contributed by atoms with van der Waals surface area (Å²) in [7, 11) is 0. The number of benzene rings is 2. The molecule has 2 unspecified atom stereocenters. The number of ether oxygens (including phenoxy) is 1. The van der Waals surface area contributed by atoms with Gasteiger partial charge in [-0.05, 0) is 23.3 Å². The van der Waals surface area contributed by atoms with Gasteiger partial charge in [-0.25, -0.2) is 4.79 Å². The van der Waals surface area contributed by atoms with Crippen LogP contribution in [0.4, 0.5) is 13.2 Å². The van der Waals surface area contributed by atoms with Gasteiger partial charge >= 0.3 is 18.1 Å². The van der Waals surface area contributed by atoms with Gasteiger partial charge in [-0.15, -0.1) is 0 Å². The topological polar surface area (TPSA) is 76.0 Å². The number of carboxylic acids is 1. The predicted molar refractivity (Wildman–Crippen MR) is 108 cm³/mol. The number of aliphatic imine (C=N–C) groups is 1. The summed E-state index contributed by atoms with van der Waals surface area (Å²) in [6.07, 6.45) is 0.968. The molecule has 3 rings (SSSR count). The molecule has 31 heavy (non-hydrogen) atoms. The molecule has 0 amide bonds. The van der Waals surface area contributed by atoms with E-state index < -0.39 is 35.5 Å². The van der Waals surface area contributed by atoms with Crippen molar-refractivity contribution in [3.63, 3.8) is 0 Å². The lowest BCUT2D eigenvalue weighted by Gasteiger charge is -2.26. The number of aliphatic carboxylic acids is 1. The Morgan fingerprint density at radius 2 is 1.84 bits per heavy atom. The van der Waals surface area contributed by atoms with E-state index in [0.29, 0.717) is 0 Å². The van der Waals surface area contributed by atoms with Crippen molar-refractivity contribution in [1.29, 1.82) is 0 Å². The van der Waals surface area contributed by atoms with Crippen molar-refractivity contribution in [3.8, 4) is 0 Å². The summed E-state index contributed by atoms with van der Waals surface area (Å²) in [6, 6.07) is 13.5. The minimum Gasteiger partial charge on any atom is -0.481 e. The molecule has 1 aliphatic heterocycles. The third-order valence-electron chi connectivity index (χ3n) is 4.67. The Morgan fingerprint density at radius 3 is 2.52 bits per heavy atom. The van der Waals surface area contributed by atoms with E-state index in [9.17, 15) is 27.9 Å².